The van der Waals surface area contributed by atoms with E-state index in [1.807, 2.05) is 53.0 Å². The molecule has 21 heavy (non-hydrogen) atoms. The molecule has 3 aromatic rings. The highest BCUT2D eigenvalue weighted by atomic mass is 16.2. The van der Waals surface area contributed by atoms with Crippen LogP contribution >= 0.6 is 0 Å². The number of pyridine rings is 1. The first-order valence-electron chi connectivity index (χ1n) is 6.87. The Labute approximate surface area is 123 Å². The van der Waals surface area contributed by atoms with Crippen molar-refractivity contribution in [2.24, 2.45) is 0 Å². The number of amides is 1. The van der Waals surface area contributed by atoms with Crippen molar-refractivity contribution in [2.45, 2.75) is 6.42 Å². The van der Waals surface area contributed by atoms with Gasteiger partial charge in [0.15, 0.2) is 0 Å². The van der Waals surface area contributed by atoms with Crippen molar-refractivity contribution in [3.05, 3.63) is 60.3 Å². The van der Waals surface area contributed by atoms with Crippen molar-refractivity contribution < 1.29 is 4.79 Å². The summed E-state index contributed by atoms with van der Waals surface area (Å²) in [6.07, 6.45) is 2.22. The molecule has 2 heterocycles. The van der Waals surface area contributed by atoms with Gasteiger partial charge in [-0.05, 0) is 23.8 Å². The normalized spacial score (nSPS) is 10.8. The van der Waals surface area contributed by atoms with Crippen LogP contribution in [0, 0.1) is 0 Å². The molecule has 0 saturated heterocycles. The van der Waals surface area contributed by atoms with Gasteiger partial charge in [0.05, 0.1) is 23.8 Å². The van der Waals surface area contributed by atoms with Crippen LogP contribution in [0.15, 0.2) is 54.7 Å². The van der Waals surface area contributed by atoms with Crippen LogP contribution < -0.4 is 0 Å². The van der Waals surface area contributed by atoms with E-state index in [1.165, 1.54) is 0 Å². The Balaban J connectivity index is 1.91. The van der Waals surface area contributed by atoms with E-state index in [4.69, 9.17) is 0 Å². The number of hydrogen-bond donors (Lipinski definition) is 0. The summed E-state index contributed by atoms with van der Waals surface area (Å²) < 4.78 is 1.92. The topological polar surface area (TPSA) is 37.6 Å². The molecule has 3 rings (SSSR count). The number of benzene rings is 1. The molecule has 4 heteroatoms. The smallest absolute Gasteiger partial charge is 0.226 e. The molecule has 1 amide bonds. The Morgan fingerprint density at radius 2 is 1.86 bits per heavy atom. The standard InChI is InChI=1S/C17H17N3O/c1-19(2)17(21)12-13-6-8-14(9-7-13)16-5-3-4-15-10-11-18-20(15)16/h3-11H,12H2,1-2H3. The fourth-order valence-electron chi connectivity index (χ4n) is 2.29. The molecule has 0 fully saturated rings. The zero-order chi connectivity index (χ0) is 14.8. The molecule has 0 spiro atoms. The summed E-state index contributed by atoms with van der Waals surface area (Å²) in [5.41, 5.74) is 4.22. The van der Waals surface area contributed by atoms with E-state index in [-0.39, 0.29) is 5.91 Å². The fourth-order valence-corrected chi connectivity index (χ4v) is 2.29. The number of likely N-dealkylation sites (N-methyl/N-ethyl adjacent to an activating group) is 1. The molecule has 0 N–H and O–H groups in total. The summed E-state index contributed by atoms with van der Waals surface area (Å²) in [4.78, 5) is 13.3. The Kier molecular flexibility index (Phi) is 3.44. The molecule has 0 aliphatic rings. The van der Waals surface area contributed by atoms with Crippen LogP contribution in [-0.4, -0.2) is 34.5 Å². The molecule has 0 saturated carbocycles. The van der Waals surface area contributed by atoms with E-state index in [2.05, 4.69) is 5.10 Å². The van der Waals surface area contributed by atoms with E-state index < -0.39 is 0 Å². The van der Waals surface area contributed by atoms with Gasteiger partial charge < -0.3 is 4.90 Å². The van der Waals surface area contributed by atoms with Gasteiger partial charge in [-0.3, -0.25) is 4.79 Å². The number of rotatable bonds is 3. The first-order chi connectivity index (χ1) is 10.1. The van der Waals surface area contributed by atoms with Gasteiger partial charge in [0, 0.05) is 19.7 Å². The summed E-state index contributed by atoms with van der Waals surface area (Å²) in [5.74, 6) is 0.108. The molecular formula is C17H17N3O. The maximum absolute atomic E-state index is 11.7. The van der Waals surface area contributed by atoms with E-state index >= 15 is 0 Å². The van der Waals surface area contributed by atoms with Crippen molar-refractivity contribution in [3.63, 3.8) is 0 Å². The summed E-state index contributed by atoms with van der Waals surface area (Å²) >= 11 is 0. The Bertz CT molecular complexity index is 772. The molecular weight excluding hydrogens is 262 g/mol. The van der Waals surface area contributed by atoms with Crippen molar-refractivity contribution >= 4 is 11.4 Å². The number of aromatic nitrogens is 2. The van der Waals surface area contributed by atoms with E-state index in [1.54, 1.807) is 25.2 Å². The van der Waals surface area contributed by atoms with Gasteiger partial charge in [-0.1, -0.05) is 30.3 Å². The van der Waals surface area contributed by atoms with Crippen LogP contribution in [0.5, 0.6) is 0 Å². The highest BCUT2D eigenvalue weighted by Crippen LogP contribution is 2.21. The third-order valence-corrected chi connectivity index (χ3v) is 3.53. The van der Waals surface area contributed by atoms with Gasteiger partial charge in [0.1, 0.15) is 0 Å². The first kappa shape index (κ1) is 13.4. The largest absolute Gasteiger partial charge is 0.349 e. The minimum absolute atomic E-state index is 0.108. The highest BCUT2D eigenvalue weighted by molar-refractivity contribution is 5.78. The van der Waals surface area contributed by atoms with Gasteiger partial charge in [-0.2, -0.15) is 5.10 Å². The van der Waals surface area contributed by atoms with Crippen molar-refractivity contribution in [3.8, 4) is 11.3 Å². The molecule has 0 atom stereocenters. The summed E-state index contributed by atoms with van der Waals surface area (Å²) in [6.45, 7) is 0. The lowest BCUT2D eigenvalue weighted by Crippen LogP contribution is -2.23. The van der Waals surface area contributed by atoms with Gasteiger partial charge in [0.2, 0.25) is 5.91 Å². The summed E-state index contributed by atoms with van der Waals surface area (Å²) in [5, 5.41) is 4.34. The molecule has 0 aliphatic heterocycles. The van der Waals surface area contributed by atoms with Gasteiger partial charge in [-0.25, -0.2) is 4.52 Å². The number of carbonyl (C=O) groups is 1. The molecule has 4 nitrogen and oxygen atoms in total. The van der Waals surface area contributed by atoms with Crippen LogP contribution in [0.4, 0.5) is 0 Å². The quantitative estimate of drug-likeness (QED) is 0.739. The van der Waals surface area contributed by atoms with Crippen LogP contribution in [0.25, 0.3) is 16.8 Å². The summed E-state index contributed by atoms with van der Waals surface area (Å²) in [7, 11) is 3.55. The third-order valence-electron chi connectivity index (χ3n) is 3.53. The Morgan fingerprint density at radius 3 is 2.57 bits per heavy atom. The van der Waals surface area contributed by atoms with Crippen LogP contribution in [0.1, 0.15) is 5.56 Å². The molecule has 0 unspecified atom stereocenters. The molecule has 1 aromatic carbocycles. The number of fused-ring (bicyclic) bond motifs is 1. The average Bonchev–Trinajstić information content (AvgIpc) is 2.96. The molecule has 0 radical (unpaired) electrons. The van der Waals surface area contributed by atoms with Crippen molar-refractivity contribution in [1.29, 1.82) is 0 Å². The van der Waals surface area contributed by atoms with Crippen LogP contribution in [0.3, 0.4) is 0 Å². The second kappa shape index (κ2) is 5.40. The minimum Gasteiger partial charge on any atom is -0.349 e. The van der Waals surface area contributed by atoms with Crippen LogP contribution in [0.2, 0.25) is 0 Å². The Hall–Kier alpha value is -2.62. The number of hydrogen-bond acceptors (Lipinski definition) is 2. The summed E-state index contributed by atoms with van der Waals surface area (Å²) in [6, 6.07) is 16.1. The van der Waals surface area contributed by atoms with Gasteiger partial charge in [-0.15, -0.1) is 0 Å². The Morgan fingerprint density at radius 1 is 1.10 bits per heavy atom. The monoisotopic (exact) mass is 279 g/mol. The average molecular weight is 279 g/mol. The van der Waals surface area contributed by atoms with Crippen LogP contribution in [-0.2, 0) is 11.2 Å². The van der Waals surface area contributed by atoms with Gasteiger partial charge in [0.25, 0.3) is 0 Å². The lowest BCUT2D eigenvalue weighted by molar-refractivity contribution is -0.127. The minimum atomic E-state index is 0.108. The predicted molar refractivity (Wildman–Crippen MR) is 83.0 cm³/mol. The van der Waals surface area contributed by atoms with E-state index in [0.717, 1.165) is 22.3 Å². The highest BCUT2D eigenvalue weighted by Gasteiger charge is 2.07. The van der Waals surface area contributed by atoms with Crippen molar-refractivity contribution in [2.75, 3.05) is 14.1 Å². The lowest BCUT2D eigenvalue weighted by atomic mass is 10.1. The fraction of sp³-hybridized carbons (Fsp3) is 0.176. The second-order valence-electron chi connectivity index (χ2n) is 5.24. The van der Waals surface area contributed by atoms with E-state index in [0.29, 0.717) is 6.42 Å². The molecule has 0 bridgehead atoms. The SMILES string of the molecule is CN(C)C(=O)Cc1ccc(-c2cccc3ccnn23)cc1. The molecule has 0 aliphatic carbocycles. The molecule has 2 aromatic heterocycles. The number of nitrogens with zero attached hydrogens (tertiary/aromatic N) is 3. The van der Waals surface area contributed by atoms with Crippen molar-refractivity contribution in [1.82, 2.24) is 14.5 Å². The number of carbonyl (C=O) groups excluding carboxylic acids is 1. The van der Waals surface area contributed by atoms with E-state index in [9.17, 15) is 4.79 Å². The zero-order valence-corrected chi connectivity index (χ0v) is 12.2. The zero-order valence-electron chi connectivity index (χ0n) is 12.2. The molecule has 106 valence electrons. The predicted octanol–water partition coefficient (Wildman–Crippen LogP) is 2.63. The lowest BCUT2D eigenvalue weighted by Gasteiger charge is -2.10. The van der Waals surface area contributed by atoms with Gasteiger partial charge >= 0.3 is 0 Å². The maximum atomic E-state index is 11.7. The maximum Gasteiger partial charge on any atom is 0.226 e. The first-order valence-corrected chi connectivity index (χ1v) is 6.87. The third kappa shape index (κ3) is 2.65. The second-order valence-corrected chi connectivity index (χ2v) is 5.24.